The van der Waals surface area contributed by atoms with Crippen LogP contribution >= 0.6 is 0 Å². The van der Waals surface area contributed by atoms with Crippen molar-refractivity contribution in [3.8, 4) is 0 Å². The molecule has 0 aliphatic heterocycles. The molecule has 3 N–H and O–H groups in total. The van der Waals surface area contributed by atoms with Crippen LogP contribution in [0.15, 0.2) is 42.7 Å². The van der Waals surface area contributed by atoms with Crippen molar-refractivity contribution in [1.29, 1.82) is 0 Å². The van der Waals surface area contributed by atoms with E-state index < -0.39 is 11.9 Å². The minimum atomic E-state index is -0.725. The molecule has 2 rings (SSSR count). The molecule has 1 unspecified atom stereocenters. The van der Waals surface area contributed by atoms with E-state index in [1.165, 1.54) is 4.68 Å². The lowest BCUT2D eigenvalue weighted by Gasteiger charge is -2.15. The van der Waals surface area contributed by atoms with Gasteiger partial charge >= 0.3 is 0 Å². The first-order valence-corrected chi connectivity index (χ1v) is 6.66. The molecular formula is C15H18N4O2. The quantitative estimate of drug-likeness (QED) is 0.805. The number of primary amides is 1. The van der Waals surface area contributed by atoms with E-state index in [9.17, 15) is 9.59 Å². The van der Waals surface area contributed by atoms with Gasteiger partial charge in [-0.1, -0.05) is 30.3 Å². The smallest absolute Gasteiger partial charge is 0.242 e. The molecule has 1 aromatic heterocycles. The van der Waals surface area contributed by atoms with Crippen LogP contribution in [0.4, 0.5) is 0 Å². The highest BCUT2D eigenvalue weighted by molar-refractivity contribution is 5.86. The van der Waals surface area contributed by atoms with Crippen LogP contribution in [-0.2, 0) is 22.6 Å². The maximum Gasteiger partial charge on any atom is 0.242 e. The van der Waals surface area contributed by atoms with Gasteiger partial charge in [0.2, 0.25) is 11.8 Å². The molecule has 2 amide bonds. The van der Waals surface area contributed by atoms with Crippen LogP contribution in [0.1, 0.15) is 11.1 Å². The van der Waals surface area contributed by atoms with Gasteiger partial charge in [0.1, 0.15) is 12.6 Å². The molecule has 0 fully saturated rings. The minimum absolute atomic E-state index is 0.0619. The first-order valence-electron chi connectivity index (χ1n) is 6.66. The number of aryl methyl sites for hydroxylation is 1. The molecule has 21 heavy (non-hydrogen) atoms. The molecular weight excluding hydrogens is 268 g/mol. The van der Waals surface area contributed by atoms with Crippen LogP contribution in [0.5, 0.6) is 0 Å². The van der Waals surface area contributed by atoms with E-state index in [0.29, 0.717) is 6.42 Å². The summed E-state index contributed by atoms with van der Waals surface area (Å²) in [6.45, 7) is 1.95. The Morgan fingerprint density at radius 2 is 2.05 bits per heavy atom. The molecule has 0 saturated heterocycles. The molecule has 0 saturated carbocycles. The summed E-state index contributed by atoms with van der Waals surface area (Å²) in [5.74, 6) is -0.846. The van der Waals surface area contributed by atoms with Gasteiger partial charge in [-0.25, -0.2) is 0 Å². The van der Waals surface area contributed by atoms with Gasteiger partial charge in [-0.15, -0.1) is 0 Å². The Labute approximate surface area is 122 Å². The summed E-state index contributed by atoms with van der Waals surface area (Å²) >= 11 is 0. The lowest BCUT2D eigenvalue weighted by Crippen LogP contribution is -2.46. The Hall–Kier alpha value is -2.63. The van der Waals surface area contributed by atoms with Crippen LogP contribution in [0.3, 0.4) is 0 Å². The number of aromatic nitrogens is 2. The van der Waals surface area contributed by atoms with Crippen LogP contribution in [0.25, 0.3) is 0 Å². The van der Waals surface area contributed by atoms with E-state index >= 15 is 0 Å². The highest BCUT2D eigenvalue weighted by atomic mass is 16.2. The van der Waals surface area contributed by atoms with Crippen molar-refractivity contribution in [2.45, 2.75) is 25.9 Å². The average Bonchev–Trinajstić information content (AvgIpc) is 2.84. The predicted octanol–water partition coefficient (Wildman–Crippen LogP) is 0.404. The fourth-order valence-corrected chi connectivity index (χ4v) is 2.01. The maximum atomic E-state index is 11.9. The van der Waals surface area contributed by atoms with Crippen molar-refractivity contribution in [2.75, 3.05) is 0 Å². The second kappa shape index (κ2) is 6.69. The average molecular weight is 286 g/mol. The van der Waals surface area contributed by atoms with Gasteiger partial charge < -0.3 is 11.1 Å². The van der Waals surface area contributed by atoms with E-state index in [2.05, 4.69) is 10.4 Å². The number of carbonyl (C=O) groups excluding carboxylic acids is 2. The summed E-state index contributed by atoms with van der Waals surface area (Å²) in [7, 11) is 0. The molecule has 0 bridgehead atoms. The van der Waals surface area contributed by atoms with E-state index in [4.69, 9.17) is 5.73 Å². The van der Waals surface area contributed by atoms with Crippen LogP contribution in [0.2, 0.25) is 0 Å². The topological polar surface area (TPSA) is 90.0 Å². The monoisotopic (exact) mass is 286 g/mol. The largest absolute Gasteiger partial charge is 0.368 e. The third-order valence-corrected chi connectivity index (χ3v) is 3.03. The highest BCUT2D eigenvalue weighted by Gasteiger charge is 2.18. The Balaban J connectivity index is 1.96. The number of nitrogens with zero attached hydrogens (tertiary/aromatic N) is 2. The molecule has 6 heteroatoms. The Morgan fingerprint density at radius 1 is 1.33 bits per heavy atom. The van der Waals surface area contributed by atoms with Crippen molar-refractivity contribution in [3.63, 3.8) is 0 Å². The Morgan fingerprint density at radius 3 is 2.62 bits per heavy atom. The van der Waals surface area contributed by atoms with Gasteiger partial charge in [0, 0.05) is 12.6 Å². The molecule has 1 aromatic carbocycles. The zero-order valence-corrected chi connectivity index (χ0v) is 11.8. The van der Waals surface area contributed by atoms with Gasteiger partial charge in [-0.05, 0) is 18.1 Å². The van der Waals surface area contributed by atoms with Crippen molar-refractivity contribution in [2.24, 2.45) is 5.73 Å². The molecule has 110 valence electrons. The first kappa shape index (κ1) is 14.8. The standard InChI is InChI=1S/C15H18N4O2/c1-11-8-17-19(9-11)10-14(20)18-13(15(16)21)7-12-5-3-2-4-6-12/h2-6,8-9,13H,7,10H2,1H3,(H2,16,21)(H,18,20). The van der Waals surface area contributed by atoms with E-state index in [-0.39, 0.29) is 12.5 Å². The molecule has 0 aliphatic rings. The minimum Gasteiger partial charge on any atom is -0.368 e. The maximum absolute atomic E-state index is 11.9. The van der Waals surface area contributed by atoms with E-state index in [1.54, 1.807) is 12.4 Å². The van der Waals surface area contributed by atoms with Gasteiger partial charge in [-0.2, -0.15) is 5.10 Å². The Kier molecular flexibility index (Phi) is 4.71. The van der Waals surface area contributed by atoms with E-state index in [0.717, 1.165) is 11.1 Å². The molecule has 1 heterocycles. The van der Waals surface area contributed by atoms with Gasteiger partial charge in [0.25, 0.3) is 0 Å². The summed E-state index contributed by atoms with van der Waals surface area (Å²) in [5, 5.41) is 6.68. The number of amides is 2. The molecule has 0 aliphatic carbocycles. The fraction of sp³-hybridized carbons (Fsp3) is 0.267. The summed E-state index contributed by atoms with van der Waals surface area (Å²) in [6, 6.07) is 8.69. The number of nitrogens with two attached hydrogens (primary N) is 1. The molecule has 0 radical (unpaired) electrons. The molecule has 6 nitrogen and oxygen atoms in total. The first-order chi connectivity index (χ1) is 10.0. The molecule has 2 aromatic rings. The van der Waals surface area contributed by atoms with Crippen molar-refractivity contribution < 1.29 is 9.59 Å². The third-order valence-electron chi connectivity index (χ3n) is 3.03. The number of carbonyl (C=O) groups is 2. The normalized spacial score (nSPS) is 11.9. The second-order valence-corrected chi connectivity index (χ2v) is 4.93. The van der Waals surface area contributed by atoms with E-state index in [1.807, 2.05) is 37.3 Å². The molecule has 1 atom stereocenters. The van der Waals surface area contributed by atoms with Crippen LogP contribution in [-0.4, -0.2) is 27.6 Å². The van der Waals surface area contributed by atoms with Crippen molar-refractivity contribution in [3.05, 3.63) is 53.9 Å². The van der Waals surface area contributed by atoms with Crippen LogP contribution < -0.4 is 11.1 Å². The summed E-state index contributed by atoms with van der Waals surface area (Å²) in [6.07, 6.45) is 3.80. The number of hydrogen-bond donors (Lipinski definition) is 2. The summed E-state index contributed by atoms with van der Waals surface area (Å²) < 4.78 is 1.52. The fourth-order valence-electron chi connectivity index (χ4n) is 2.01. The van der Waals surface area contributed by atoms with Crippen molar-refractivity contribution in [1.82, 2.24) is 15.1 Å². The lowest BCUT2D eigenvalue weighted by molar-refractivity contribution is -0.127. The van der Waals surface area contributed by atoms with Gasteiger partial charge in [0.05, 0.1) is 6.20 Å². The SMILES string of the molecule is Cc1cnn(CC(=O)NC(Cc2ccccc2)C(N)=O)c1. The number of rotatable bonds is 6. The third kappa shape index (κ3) is 4.45. The highest BCUT2D eigenvalue weighted by Crippen LogP contribution is 2.03. The number of hydrogen-bond acceptors (Lipinski definition) is 3. The zero-order chi connectivity index (χ0) is 15.2. The number of nitrogens with one attached hydrogen (secondary N) is 1. The molecule has 0 spiro atoms. The lowest BCUT2D eigenvalue weighted by atomic mass is 10.1. The zero-order valence-electron chi connectivity index (χ0n) is 11.8. The Bertz CT molecular complexity index is 622. The van der Waals surface area contributed by atoms with Crippen molar-refractivity contribution >= 4 is 11.8 Å². The summed E-state index contributed by atoms with van der Waals surface area (Å²) in [4.78, 5) is 23.4. The van der Waals surface area contributed by atoms with Gasteiger partial charge in [0.15, 0.2) is 0 Å². The summed E-state index contributed by atoms with van der Waals surface area (Å²) in [5.41, 5.74) is 7.27. The number of benzene rings is 1. The predicted molar refractivity (Wildman–Crippen MR) is 78.2 cm³/mol. The van der Waals surface area contributed by atoms with Gasteiger partial charge in [-0.3, -0.25) is 14.3 Å². The van der Waals surface area contributed by atoms with Crippen LogP contribution in [0, 0.1) is 6.92 Å². The second-order valence-electron chi connectivity index (χ2n) is 4.93.